The fourth-order valence-electron chi connectivity index (χ4n) is 3.30. The van der Waals surface area contributed by atoms with Gasteiger partial charge in [0.1, 0.15) is 18.5 Å². The van der Waals surface area contributed by atoms with E-state index in [0.717, 1.165) is 16.6 Å². The molecular formula is C20H21N3O3. The first-order chi connectivity index (χ1) is 12.7. The van der Waals surface area contributed by atoms with Crippen LogP contribution < -0.4 is 0 Å². The van der Waals surface area contributed by atoms with Crippen molar-refractivity contribution in [1.29, 1.82) is 0 Å². The monoisotopic (exact) mass is 351 g/mol. The predicted molar refractivity (Wildman–Crippen MR) is 97.6 cm³/mol. The Labute approximate surface area is 151 Å². The Morgan fingerprint density at radius 2 is 1.77 bits per heavy atom. The normalized spacial score (nSPS) is 16.0. The largest absolute Gasteiger partial charge is 0.380 e. The number of para-hydroxylation sites is 2. The molecule has 1 unspecified atom stereocenters. The molecule has 2 aromatic carbocycles. The first kappa shape index (κ1) is 16.8. The molecule has 1 aliphatic rings. The van der Waals surface area contributed by atoms with Gasteiger partial charge in [-0.2, -0.15) is 0 Å². The van der Waals surface area contributed by atoms with Gasteiger partial charge in [0.2, 0.25) is 5.91 Å². The molecule has 0 aliphatic carbocycles. The van der Waals surface area contributed by atoms with Crippen molar-refractivity contribution in [2.75, 3.05) is 26.3 Å². The predicted octanol–water partition coefficient (Wildman–Crippen LogP) is 1.98. The maximum Gasteiger partial charge on any atom is 0.242 e. The van der Waals surface area contributed by atoms with Gasteiger partial charge in [-0.1, -0.05) is 42.5 Å². The number of hydrogen-bond donors (Lipinski definition) is 1. The minimum absolute atomic E-state index is 0.0120. The van der Waals surface area contributed by atoms with E-state index in [0.29, 0.717) is 32.1 Å². The van der Waals surface area contributed by atoms with Crippen LogP contribution in [0.5, 0.6) is 0 Å². The number of rotatable bonds is 4. The molecule has 1 aliphatic heterocycles. The zero-order chi connectivity index (χ0) is 17.9. The van der Waals surface area contributed by atoms with Crippen molar-refractivity contribution in [3.05, 3.63) is 66.0 Å². The number of aliphatic hydroxyl groups excluding tert-OH is 1. The molecule has 3 aromatic rings. The van der Waals surface area contributed by atoms with Crippen LogP contribution in [0.25, 0.3) is 11.0 Å². The minimum atomic E-state index is -0.888. The number of ether oxygens (including phenoxy) is 1. The summed E-state index contributed by atoms with van der Waals surface area (Å²) in [7, 11) is 0. The maximum atomic E-state index is 12.8. The highest BCUT2D eigenvalue weighted by atomic mass is 16.5. The molecule has 1 saturated heterocycles. The number of imidazole rings is 1. The molecule has 1 aromatic heterocycles. The second-order valence-corrected chi connectivity index (χ2v) is 6.35. The van der Waals surface area contributed by atoms with Crippen LogP contribution in [0.3, 0.4) is 0 Å². The lowest BCUT2D eigenvalue weighted by Crippen LogP contribution is -2.42. The van der Waals surface area contributed by atoms with E-state index < -0.39 is 6.10 Å². The van der Waals surface area contributed by atoms with Gasteiger partial charge in [0.05, 0.1) is 24.2 Å². The van der Waals surface area contributed by atoms with Crippen LogP contribution >= 0.6 is 0 Å². The van der Waals surface area contributed by atoms with Crippen molar-refractivity contribution in [1.82, 2.24) is 14.5 Å². The molecule has 6 nitrogen and oxygen atoms in total. The van der Waals surface area contributed by atoms with Gasteiger partial charge in [-0.15, -0.1) is 0 Å². The number of aromatic nitrogens is 2. The Kier molecular flexibility index (Phi) is 4.69. The van der Waals surface area contributed by atoms with Gasteiger partial charge in [0, 0.05) is 13.1 Å². The molecule has 0 bridgehead atoms. The third kappa shape index (κ3) is 3.21. The van der Waals surface area contributed by atoms with E-state index >= 15 is 0 Å². The Balaban J connectivity index is 1.71. The minimum Gasteiger partial charge on any atom is -0.380 e. The lowest BCUT2D eigenvalue weighted by Gasteiger charge is -2.27. The van der Waals surface area contributed by atoms with Crippen LogP contribution in [-0.4, -0.2) is 51.8 Å². The molecule has 26 heavy (non-hydrogen) atoms. The number of morpholine rings is 1. The SMILES string of the molecule is O=C(Cn1c(C(O)c2ccccc2)nc2ccccc21)N1CCOCC1. The number of benzene rings is 2. The van der Waals surface area contributed by atoms with Crippen LogP contribution in [-0.2, 0) is 16.1 Å². The average molecular weight is 351 g/mol. The van der Waals surface area contributed by atoms with Crippen molar-refractivity contribution in [3.63, 3.8) is 0 Å². The summed E-state index contributed by atoms with van der Waals surface area (Å²) in [6.45, 7) is 2.48. The van der Waals surface area contributed by atoms with E-state index in [2.05, 4.69) is 4.98 Å². The third-order valence-corrected chi connectivity index (χ3v) is 4.70. The number of carbonyl (C=O) groups excluding carboxylic acids is 1. The lowest BCUT2D eigenvalue weighted by molar-refractivity contribution is -0.135. The summed E-state index contributed by atoms with van der Waals surface area (Å²) in [5.41, 5.74) is 2.37. The van der Waals surface area contributed by atoms with Crippen LogP contribution in [0, 0.1) is 0 Å². The number of aliphatic hydroxyl groups is 1. The van der Waals surface area contributed by atoms with Gasteiger partial charge in [0.25, 0.3) is 0 Å². The number of carbonyl (C=O) groups is 1. The van der Waals surface area contributed by atoms with Gasteiger partial charge < -0.3 is 19.3 Å². The van der Waals surface area contributed by atoms with Crippen molar-refractivity contribution in [3.8, 4) is 0 Å². The Morgan fingerprint density at radius 3 is 2.54 bits per heavy atom. The highest BCUT2D eigenvalue weighted by Crippen LogP contribution is 2.25. The Hall–Kier alpha value is -2.70. The van der Waals surface area contributed by atoms with E-state index in [9.17, 15) is 9.90 Å². The standard InChI is InChI=1S/C20H21N3O3/c24-18(22-10-12-26-13-11-22)14-23-17-9-5-4-8-16(17)21-20(23)19(25)15-6-2-1-3-7-15/h1-9,19,25H,10-14H2. The lowest BCUT2D eigenvalue weighted by atomic mass is 10.1. The van der Waals surface area contributed by atoms with Crippen LogP contribution in [0.1, 0.15) is 17.5 Å². The summed E-state index contributed by atoms with van der Waals surface area (Å²) in [5.74, 6) is 0.497. The summed E-state index contributed by atoms with van der Waals surface area (Å²) < 4.78 is 7.15. The third-order valence-electron chi connectivity index (χ3n) is 4.70. The first-order valence-electron chi connectivity index (χ1n) is 8.78. The summed E-state index contributed by atoms with van der Waals surface area (Å²) in [4.78, 5) is 19.2. The summed E-state index contributed by atoms with van der Waals surface area (Å²) >= 11 is 0. The quantitative estimate of drug-likeness (QED) is 0.780. The zero-order valence-corrected chi connectivity index (χ0v) is 14.4. The molecule has 6 heteroatoms. The van der Waals surface area contributed by atoms with Gasteiger partial charge in [-0.25, -0.2) is 4.98 Å². The van der Waals surface area contributed by atoms with Gasteiger partial charge in [-0.3, -0.25) is 4.79 Å². The highest BCUT2D eigenvalue weighted by Gasteiger charge is 2.23. The Morgan fingerprint density at radius 1 is 1.08 bits per heavy atom. The van der Waals surface area contributed by atoms with Crippen LogP contribution in [0.4, 0.5) is 0 Å². The van der Waals surface area contributed by atoms with E-state index in [-0.39, 0.29) is 12.5 Å². The highest BCUT2D eigenvalue weighted by molar-refractivity contribution is 5.81. The molecule has 0 spiro atoms. The van der Waals surface area contributed by atoms with Gasteiger partial charge in [0.15, 0.2) is 0 Å². The molecule has 0 saturated carbocycles. The summed E-state index contributed by atoms with van der Waals surface area (Å²) in [5, 5.41) is 10.9. The number of hydrogen-bond acceptors (Lipinski definition) is 4. The molecule has 1 amide bonds. The zero-order valence-electron chi connectivity index (χ0n) is 14.4. The molecule has 1 N–H and O–H groups in total. The second-order valence-electron chi connectivity index (χ2n) is 6.35. The van der Waals surface area contributed by atoms with Crippen LogP contribution in [0.2, 0.25) is 0 Å². The maximum absolute atomic E-state index is 12.8. The molecule has 2 heterocycles. The van der Waals surface area contributed by atoms with E-state index in [1.54, 1.807) is 4.90 Å². The molecular weight excluding hydrogens is 330 g/mol. The van der Waals surface area contributed by atoms with Gasteiger partial charge >= 0.3 is 0 Å². The molecule has 134 valence electrons. The summed E-state index contributed by atoms with van der Waals surface area (Å²) in [6, 6.07) is 17.0. The fourth-order valence-corrected chi connectivity index (χ4v) is 3.30. The average Bonchev–Trinajstić information content (AvgIpc) is 3.07. The number of nitrogens with zero attached hydrogens (tertiary/aromatic N) is 3. The number of fused-ring (bicyclic) bond motifs is 1. The van der Waals surface area contributed by atoms with E-state index in [1.807, 2.05) is 59.2 Å². The molecule has 1 atom stereocenters. The fraction of sp³-hybridized carbons (Fsp3) is 0.300. The van der Waals surface area contributed by atoms with Crippen molar-refractivity contribution < 1.29 is 14.6 Å². The van der Waals surface area contributed by atoms with Crippen LogP contribution in [0.15, 0.2) is 54.6 Å². The number of amides is 1. The van der Waals surface area contributed by atoms with Crippen molar-refractivity contribution in [2.45, 2.75) is 12.6 Å². The van der Waals surface area contributed by atoms with E-state index in [1.165, 1.54) is 0 Å². The second kappa shape index (κ2) is 7.27. The summed E-state index contributed by atoms with van der Waals surface area (Å²) in [6.07, 6.45) is -0.888. The topological polar surface area (TPSA) is 67.6 Å². The van der Waals surface area contributed by atoms with Crippen molar-refractivity contribution in [2.24, 2.45) is 0 Å². The van der Waals surface area contributed by atoms with Gasteiger partial charge in [-0.05, 0) is 17.7 Å². The van der Waals surface area contributed by atoms with Crippen molar-refractivity contribution >= 4 is 16.9 Å². The molecule has 0 radical (unpaired) electrons. The smallest absolute Gasteiger partial charge is 0.242 e. The molecule has 4 rings (SSSR count). The Bertz CT molecular complexity index is 901. The molecule has 1 fully saturated rings. The van der Waals surface area contributed by atoms with E-state index in [4.69, 9.17) is 4.74 Å². The first-order valence-corrected chi connectivity index (χ1v) is 8.78.